The Kier molecular flexibility index (Phi) is 6.39. The number of nitrogens with zero attached hydrogens (tertiary/aromatic N) is 5. The molecule has 0 aliphatic heterocycles. The summed E-state index contributed by atoms with van der Waals surface area (Å²) in [6.07, 6.45) is 1.02. The molecule has 3 aromatic rings. The first-order chi connectivity index (χ1) is 13.8. The number of carbonyl (C=O) groups is 1. The highest BCUT2D eigenvalue weighted by molar-refractivity contribution is 5.91. The van der Waals surface area contributed by atoms with E-state index in [0.29, 0.717) is 18.3 Å². The van der Waals surface area contributed by atoms with E-state index < -0.39 is 0 Å². The lowest BCUT2D eigenvalue weighted by atomic mass is 10.1. The van der Waals surface area contributed by atoms with E-state index in [9.17, 15) is 4.79 Å². The Morgan fingerprint density at radius 1 is 1.00 bits per heavy atom. The molecule has 29 heavy (non-hydrogen) atoms. The summed E-state index contributed by atoms with van der Waals surface area (Å²) in [6, 6.07) is 12.2. The minimum atomic E-state index is -0.108. The summed E-state index contributed by atoms with van der Waals surface area (Å²) in [5.41, 5.74) is 4.99. The number of benzene rings is 1. The van der Waals surface area contributed by atoms with Crippen LogP contribution in [0.3, 0.4) is 0 Å². The Morgan fingerprint density at radius 3 is 2.24 bits per heavy atom. The Balaban J connectivity index is 1.67. The topological polar surface area (TPSA) is 75.9 Å². The highest BCUT2D eigenvalue weighted by Gasteiger charge is 2.15. The zero-order chi connectivity index (χ0) is 21.0. The summed E-state index contributed by atoms with van der Waals surface area (Å²) in [4.78, 5) is 23.5. The summed E-state index contributed by atoms with van der Waals surface area (Å²) >= 11 is 0. The maximum absolute atomic E-state index is 12.6. The van der Waals surface area contributed by atoms with E-state index in [1.807, 2.05) is 44.9 Å². The van der Waals surface area contributed by atoms with Crippen LogP contribution in [0.1, 0.15) is 35.1 Å². The number of nitrogens with one attached hydrogen (secondary N) is 1. The highest BCUT2D eigenvalue weighted by Crippen LogP contribution is 2.15. The van der Waals surface area contributed by atoms with Crippen molar-refractivity contribution in [2.45, 2.75) is 40.7 Å². The molecule has 1 amide bonds. The van der Waals surface area contributed by atoms with Crippen LogP contribution in [0.25, 0.3) is 5.95 Å². The van der Waals surface area contributed by atoms with Crippen LogP contribution < -0.4 is 5.32 Å². The first-order valence-corrected chi connectivity index (χ1v) is 9.79. The number of hydrogen-bond acceptors (Lipinski definition) is 5. The number of aryl methyl sites for hydroxylation is 4. The molecular formula is C22H28N6O. The zero-order valence-electron chi connectivity index (χ0n) is 17.7. The van der Waals surface area contributed by atoms with Gasteiger partial charge >= 0.3 is 0 Å². The van der Waals surface area contributed by atoms with E-state index in [0.717, 1.165) is 23.5 Å². The van der Waals surface area contributed by atoms with Crippen LogP contribution >= 0.6 is 0 Å². The first-order valence-electron chi connectivity index (χ1n) is 9.79. The van der Waals surface area contributed by atoms with Crippen molar-refractivity contribution in [3.05, 3.63) is 64.6 Å². The van der Waals surface area contributed by atoms with Crippen LogP contribution in [0.2, 0.25) is 0 Å². The number of likely N-dealkylation sites (N-methyl/N-ethyl adjacent to an activating group) is 1. The van der Waals surface area contributed by atoms with Crippen LogP contribution in [-0.4, -0.2) is 44.1 Å². The van der Waals surface area contributed by atoms with E-state index in [4.69, 9.17) is 0 Å². The summed E-state index contributed by atoms with van der Waals surface area (Å²) in [7, 11) is 1.93. The van der Waals surface area contributed by atoms with Crippen LogP contribution in [-0.2, 0) is 17.8 Å². The maximum atomic E-state index is 12.6. The summed E-state index contributed by atoms with van der Waals surface area (Å²) in [5, 5.41) is 7.39. The van der Waals surface area contributed by atoms with Gasteiger partial charge in [0, 0.05) is 24.0 Å². The number of aromatic nitrogens is 4. The molecule has 0 aliphatic carbocycles. The largest absolute Gasteiger partial charge is 0.309 e. The van der Waals surface area contributed by atoms with Crippen molar-refractivity contribution in [3.8, 4) is 5.95 Å². The van der Waals surface area contributed by atoms with E-state index in [-0.39, 0.29) is 12.5 Å². The number of amides is 1. The van der Waals surface area contributed by atoms with Crippen LogP contribution in [0.4, 0.5) is 5.82 Å². The molecule has 2 heterocycles. The molecule has 3 rings (SSSR count). The fraction of sp³-hybridized carbons (Fsp3) is 0.364. The molecule has 7 heteroatoms. The quantitative estimate of drug-likeness (QED) is 0.668. The van der Waals surface area contributed by atoms with Gasteiger partial charge in [-0.2, -0.15) is 9.78 Å². The molecule has 0 unspecified atom stereocenters. The standard InChI is InChI=1S/C22H28N6O/c1-6-18-7-9-19(10-8-18)13-27(5)14-21(29)25-20-12-17(4)26-28(20)22-23-15(2)11-16(3)24-22/h7-12H,6,13-14H2,1-5H3,(H,25,29). The second-order valence-corrected chi connectivity index (χ2v) is 7.42. The average Bonchev–Trinajstić information content (AvgIpc) is 3.01. The lowest BCUT2D eigenvalue weighted by Gasteiger charge is -2.17. The van der Waals surface area contributed by atoms with Gasteiger partial charge in [-0.25, -0.2) is 9.97 Å². The molecule has 0 saturated heterocycles. The molecule has 0 bridgehead atoms. The van der Waals surface area contributed by atoms with Crippen molar-refractivity contribution in [2.75, 3.05) is 18.9 Å². The van der Waals surface area contributed by atoms with Crippen LogP contribution in [0.15, 0.2) is 36.4 Å². The lowest BCUT2D eigenvalue weighted by Crippen LogP contribution is -2.30. The average molecular weight is 393 g/mol. The van der Waals surface area contributed by atoms with Gasteiger partial charge in [-0.05, 0) is 51.4 Å². The normalized spacial score (nSPS) is 11.1. The first kappa shape index (κ1) is 20.7. The van der Waals surface area contributed by atoms with E-state index in [1.165, 1.54) is 11.1 Å². The van der Waals surface area contributed by atoms with Gasteiger partial charge in [-0.15, -0.1) is 0 Å². The molecule has 7 nitrogen and oxygen atoms in total. The summed E-state index contributed by atoms with van der Waals surface area (Å²) in [6.45, 7) is 8.81. The minimum Gasteiger partial charge on any atom is -0.309 e. The Labute approximate surface area is 171 Å². The second kappa shape index (κ2) is 8.96. The number of carbonyl (C=O) groups excluding carboxylic acids is 1. The molecule has 0 fully saturated rings. The summed E-state index contributed by atoms with van der Waals surface area (Å²) < 4.78 is 1.58. The number of hydrogen-bond donors (Lipinski definition) is 1. The fourth-order valence-electron chi connectivity index (χ4n) is 3.22. The minimum absolute atomic E-state index is 0.108. The Morgan fingerprint density at radius 2 is 1.62 bits per heavy atom. The van der Waals surface area contributed by atoms with Crippen molar-refractivity contribution in [2.24, 2.45) is 0 Å². The van der Waals surface area contributed by atoms with Gasteiger partial charge in [-0.1, -0.05) is 31.2 Å². The highest BCUT2D eigenvalue weighted by atomic mass is 16.2. The predicted octanol–water partition coefficient (Wildman–Crippen LogP) is 3.22. The SMILES string of the molecule is CCc1ccc(CN(C)CC(=O)Nc2cc(C)nn2-c2nc(C)cc(C)n2)cc1. The van der Waals surface area contributed by atoms with Crippen LogP contribution in [0.5, 0.6) is 0 Å². The molecule has 152 valence electrons. The fourth-order valence-corrected chi connectivity index (χ4v) is 3.22. The van der Waals surface area contributed by atoms with Crippen LogP contribution in [0, 0.1) is 20.8 Å². The third-order valence-electron chi connectivity index (χ3n) is 4.56. The molecule has 0 radical (unpaired) electrons. The maximum Gasteiger partial charge on any atom is 0.252 e. The van der Waals surface area contributed by atoms with Gasteiger partial charge in [0.2, 0.25) is 5.91 Å². The van der Waals surface area contributed by atoms with Crippen molar-refractivity contribution >= 4 is 11.7 Å². The molecule has 0 saturated carbocycles. The Hall–Kier alpha value is -3.06. The predicted molar refractivity (Wildman–Crippen MR) is 114 cm³/mol. The van der Waals surface area contributed by atoms with Gasteiger partial charge < -0.3 is 5.32 Å². The number of rotatable bonds is 7. The lowest BCUT2D eigenvalue weighted by molar-refractivity contribution is -0.117. The zero-order valence-corrected chi connectivity index (χ0v) is 17.7. The molecule has 0 atom stereocenters. The van der Waals surface area contributed by atoms with Gasteiger partial charge in [-0.3, -0.25) is 9.69 Å². The molecule has 0 spiro atoms. The third-order valence-corrected chi connectivity index (χ3v) is 4.56. The molecule has 2 aromatic heterocycles. The molecule has 1 N–H and O–H groups in total. The molecule has 1 aromatic carbocycles. The Bertz CT molecular complexity index is 973. The smallest absolute Gasteiger partial charge is 0.252 e. The van der Waals surface area contributed by atoms with Gasteiger partial charge in [0.05, 0.1) is 12.2 Å². The van der Waals surface area contributed by atoms with E-state index >= 15 is 0 Å². The van der Waals surface area contributed by atoms with Gasteiger partial charge in [0.15, 0.2) is 0 Å². The third kappa shape index (κ3) is 5.48. The second-order valence-electron chi connectivity index (χ2n) is 7.42. The van der Waals surface area contributed by atoms with E-state index in [2.05, 4.69) is 51.6 Å². The van der Waals surface area contributed by atoms with Gasteiger partial charge in [0.25, 0.3) is 5.95 Å². The monoisotopic (exact) mass is 392 g/mol. The van der Waals surface area contributed by atoms with Gasteiger partial charge in [0.1, 0.15) is 5.82 Å². The van der Waals surface area contributed by atoms with E-state index in [1.54, 1.807) is 4.68 Å². The molecule has 0 aliphatic rings. The molecular weight excluding hydrogens is 364 g/mol. The number of anilines is 1. The van der Waals surface area contributed by atoms with Crippen molar-refractivity contribution in [1.29, 1.82) is 0 Å². The van der Waals surface area contributed by atoms with Crippen molar-refractivity contribution < 1.29 is 4.79 Å². The van der Waals surface area contributed by atoms with Crippen molar-refractivity contribution in [3.63, 3.8) is 0 Å². The van der Waals surface area contributed by atoms with Crippen molar-refractivity contribution in [1.82, 2.24) is 24.6 Å². The summed E-state index contributed by atoms with van der Waals surface area (Å²) in [5.74, 6) is 0.914.